The van der Waals surface area contributed by atoms with E-state index in [2.05, 4.69) is 13.8 Å². The van der Waals surface area contributed by atoms with Gasteiger partial charge in [0.15, 0.2) is 0 Å². The molecule has 3 nitrogen and oxygen atoms in total. The first kappa shape index (κ1) is 13.8. The molecule has 1 unspecified atom stereocenters. The number of nitrogens with two attached hydrogens (primary N) is 1. The normalized spacial score (nSPS) is 21.1. The quantitative estimate of drug-likeness (QED) is 0.798. The molecule has 0 aromatic heterocycles. The smallest absolute Gasteiger partial charge is 0.226 e. The number of amides is 1. The van der Waals surface area contributed by atoms with Gasteiger partial charge in [-0.05, 0) is 31.1 Å². The standard InChI is InChI=1S/C12H24N2OS/c1-4-14(9-12(2,3)8-13)11(15)10-5-6-16-7-10/h10H,4-9,13H2,1-3H3. The van der Waals surface area contributed by atoms with Crippen LogP contribution in [-0.2, 0) is 4.79 Å². The Hall–Kier alpha value is -0.220. The van der Waals surface area contributed by atoms with Crippen LogP contribution in [0.4, 0.5) is 0 Å². The molecule has 0 radical (unpaired) electrons. The van der Waals surface area contributed by atoms with E-state index in [4.69, 9.17) is 5.73 Å². The number of carbonyl (C=O) groups excluding carboxylic acids is 1. The van der Waals surface area contributed by atoms with Gasteiger partial charge in [-0.25, -0.2) is 0 Å². The number of nitrogens with zero attached hydrogens (tertiary/aromatic N) is 1. The Kier molecular flexibility index (Phi) is 5.12. The van der Waals surface area contributed by atoms with Gasteiger partial charge in [0.1, 0.15) is 0 Å². The highest BCUT2D eigenvalue weighted by Gasteiger charge is 2.29. The Morgan fingerprint density at radius 3 is 2.69 bits per heavy atom. The van der Waals surface area contributed by atoms with E-state index >= 15 is 0 Å². The largest absolute Gasteiger partial charge is 0.342 e. The number of hydrogen-bond donors (Lipinski definition) is 1. The second kappa shape index (κ2) is 5.92. The minimum Gasteiger partial charge on any atom is -0.342 e. The van der Waals surface area contributed by atoms with Crippen LogP contribution in [0.2, 0.25) is 0 Å². The lowest BCUT2D eigenvalue weighted by molar-refractivity contribution is -0.135. The summed E-state index contributed by atoms with van der Waals surface area (Å²) >= 11 is 1.89. The predicted molar refractivity (Wildman–Crippen MR) is 70.5 cm³/mol. The van der Waals surface area contributed by atoms with Crippen LogP contribution in [0, 0.1) is 11.3 Å². The molecule has 0 saturated carbocycles. The monoisotopic (exact) mass is 244 g/mol. The molecule has 0 bridgehead atoms. The highest BCUT2D eigenvalue weighted by atomic mass is 32.2. The molecular weight excluding hydrogens is 220 g/mol. The highest BCUT2D eigenvalue weighted by molar-refractivity contribution is 7.99. The molecule has 0 aromatic carbocycles. The van der Waals surface area contributed by atoms with Crippen molar-refractivity contribution >= 4 is 17.7 Å². The van der Waals surface area contributed by atoms with E-state index in [1.165, 1.54) is 0 Å². The maximum atomic E-state index is 12.2. The lowest BCUT2D eigenvalue weighted by atomic mass is 9.92. The second-order valence-corrected chi connectivity index (χ2v) is 6.43. The van der Waals surface area contributed by atoms with Crippen LogP contribution in [0.3, 0.4) is 0 Å². The summed E-state index contributed by atoms with van der Waals surface area (Å²) in [6, 6.07) is 0. The minimum absolute atomic E-state index is 0.0252. The van der Waals surface area contributed by atoms with Gasteiger partial charge in [-0.15, -0.1) is 0 Å². The maximum Gasteiger partial charge on any atom is 0.226 e. The third-order valence-electron chi connectivity index (χ3n) is 3.14. The van der Waals surface area contributed by atoms with Crippen molar-refractivity contribution in [1.82, 2.24) is 4.90 Å². The van der Waals surface area contributed by atoms with Crippen molar-refractivity contribution in [2.24, 2.45) is 17.1 Å². The summed E-state index contributed by atoms with van der Waals surface area (Å²) < 4.78 is 0. The molecule has 0 spiro atoms. The van der Waals surface area contributed by atoms with Crippen molar-refractivity contribution < 1.29 is 4.79 Å². The summed E-state index contributed by atoms with van der Waals surface area (Å²) in [4.78, 5) is 14.2. The zero-order valence-electron chi connectivity index (χ0n) is 10.7. The molecule has 0 aliphatic carbocycles. The molecule has 4 heteroatoms. The van der Waals surface area contributed by atoms with Crippen LogP contribution < -0.4 is 5.73 Å². The zero-order chi connectivity index (χ0) is 12.2. The van der Waals surface area contributed by atoms with Crippen molar-refractivity contribution in [2.45, 2.75) is 27.2 Å². The van der Waals surface area contributed by atoms with Gasteiger partial charge in [-0.1, -0.05) is 13.8 Å². The Labute approximate surface area is 103 Å². The Balaban J connectivity index is 2.56. The summed E-state index contributed by atoms with van der Waals surface area (Å²) in [6.45, 7) is 8.48. The van der Waals surface area contributed by atoms with Crippen LogP contribution in [0.5, 0.6) is 0 Å². The number of thioether (sulfide) groups is 1. The molecule has 1 heterocycles. The van der Waals surface area contributed by atoms with Crippen LogP contribution in [-0.4, -0.2) is 41.9 Å². The van der Waals surface area contributed by atoms with E-state index in [1.54, 1.807) is 0 Å². The molecule has 2 N–H and O–H groups in total. The van der Waals surface area contributed by atoms with Gasteiger partial charge >= 0.3 is 0 Å². The number of hydrogen-bond acceptors (Lipinski definition) is 3. The molecule has 1 rings (SSSR count). The average molecular weight is 244 g/mol. The second-order valence-electron chi connectivity index (χ2n) is 5.28. The molecule has 0 aromatic rings. The number of carbonyl (C=O) groups is 1. The third-order valence-corrected chi connectivity index (χ3v) is 4.31. The molecule has 1 fully saturated rings. The van der Waals surface area contributed by atoms with Crippen LogP contribution in [0.25, 0.3) is 0 Å². The highest BCUT2D eigenvalue weighted by Crippen LogP contribution is 2.26. The Bertz CT molecular complexity index is 237. The molecule has 94 valence electrons. The van der Waals surface area contributed by atoms with Crippen LogP contribution in [0.15, 0.2) is 0 Å². The first-order valence-electron chi connectivity index (χ1n) is 6.07. The summed E-state index contributed by atoms with van der Waals surface area (Å²) in [5.74, 6) is 2.71. The van der Waals surface area contributed by atoms with Crippen molar-refractivity contribution in [3.8, 4) is 0 Å². The Morgan fingerprint density at radius 2 is 2.25 bits per heavy atom. The van der Waals surface area contributed by atoms with Gasteiger partial charge in [-0.2, -0.15) is 11.8 Å². The van der Waals surface area contributed by atoms with Crippen LogP contribution >= 0.6 is 11.8 Å². The van der Waals surface area contributed by atoms with E-state index < -0.39 is 0 Å². The van der Waals surface area contributed by atoms with E-state index in [9.17, 15) is 4.79 Å². The first-order chi connectivity index (χ1) is 7.50. The van der Waals surface area contributed by atoms with Gasteiger partial charge in [0.05, 0.1) is 0 Å². The van der Waals surface area contributed by atoms with Gasteiger partial charge in [0, 0.05) is 24.8 Å². The van der Waals surface area contributed by atoms with E-state index in [0.717, 1.165) is 31.0 Å². The molecule has 1 amide bonds. The van der Waals surface area contributed by atoms with E-state index in [0.29, 0.717) is 12.5 Å². The number of rotatable bonds is 5. The fourth-order valence-electron chi connectivity index (χ4n) is 1.91. The fraction of sp³-hybridized carbons (Fsp3) is 0.917. The van der Waals surface area contributed by atoms with Crippen molar-refractivity contribution in [1.29, 1.82) is 0 Å². The lowest BCUT2D eigenvalue weighted by Crippen LogP contribution is -2.44. The third kappa shape index (κ3) is 3.67. The van der Waals surface area contributed by atoms with E-state index in [1.807, 2.05) is 23.6 Å². The zero-order valence-corrected chi connectivity index (χ0v) is 11.5. The summed E-state index contributed by atoms with van der Waals surface area (Å²) in [6.07, 6.45) is 1.04. The topological polar surface area (TPSA) is 46.3 Å². The van der Waals surface area contributed by atoms with Crippen molar-refractivity contribution in [3.63, 3.8) is 0 Å². The first-order valence-corrected chi connectivity index (χ1v) is 7.22. The average Bonchev–Trinajstić information content (AvgIpc) is 2.78. The molecule has 1 saturated heterocycles. The molecule has 1 aliphatic rings. The summed E-state index contributed by atoms with van der Waals surface area (Å²) in [7, 11) is 0. The van der Waals surface area contributed by atoms with E-state index in [-0.39, 0.29) is 11.3 Å². The van der Waals surface area contributed by atoms with Gasteiger partial charge in [0.2, 0.25) is 5.91 Å². The van der Waals surface area contributed by atoms with Gasteiger partial charge < -0.3 is 10.6 Å². The van der Waals surface area contributed by atoms with Gasteiger partial charge in [0.25, 0.3) is 0 Å². The molecule has 1 atom stereocenters. The van der Waals surface area contributed by atoms with Crippen molar-refractivity contribution in [2.75, 3.05) is 31.1 Å². The summed E-state index contributed by atoms with van der Waals surface area (Å²) in [5.41, 5.74) is 5.75. The minimum atomic E-state index is 0.0252. The SMILES string of the molecule is CCN(CC(C)(C)CN)C(=O)C1CCSC1. The molecule has 1 aliphatic heterocycles. The molecule has 16 heavy (non-hydrogen) atoms. The summed E-state index contributed by atoms with van der Waals surface area (Å²) in [5, 5.41) is 0. The molecular formula is C12H24N2OS. The Morgan fingerprint density at radius 1 is 1.56 bits per heavy atom. The van der Waals surface area contributed by atoms with Crippen molar-refractivity contribution in [3.05, 3.63) is 0 Å². The van der Waals surface area contributed by atoms with Crippen LogP contribution in [0.1, 0.15) is 27.2 Å². The maximum absolute atomic E-state index is 12.2. The predicted octanol–water partition coefficient (Wildman–Crippen LogP) is 1.57. The van der Waals surface area contributed by atoms with Gasteiger partial charge in [-0.3, -0.25) is 4.79 Å². The fourth-order valence-corrected chi connectivity index (χ4v) is 3.13. The lowest BCUT2D eigenvalue weighted by Gasteiger charge is -2.32.